The van der Waals surface area contributed by atoms with Gasteiger partial charge in [-0.15, -0.1) is 0 Å². The number of carbonyl (C=O) groups is 1. The van der Waals surface area contributed by atoms with Crippen LogP contribution in [0.15, 0.2) is 72.8 Å². The van der Waals surface area contributed by atoms with Crippen molar-refractivity contribution in [2.45, 2.75) is 13.8 Å². The molecular formula is C21H18O. The van der Waals surface area contributed by atoms with Gasteiger partial charge < -0.3 is 0 Å². The molecule has 0 N–H and O–H groups in total. The molecule has 0 aliphatic rings. The number of ketones is 1. The molecule has 0 fully saturated rings. The highest BCUT2D eigenvalue weighted by Crippen LogP contribution is 2.24. The number of hydrogen-bond acceptors (Lipinski definition) is 1. The Labute approximate surface area is 131 Å². The molecule has 0 spiro atoms. The van der Waals surface area contributed by atoms with Crippen molar-refractivity contribution < 1.29 is 4.79 Å². The molecule has 0 bridgehead atoms. The molecule has 0 saturated carbocycles. The van der Waals surface area contributed by atoms with E-state index in [2.05, 4.69) is 18.2 Å². The van der Waals surface area contributed by atoms with Crippen LogP contribution >= 0.6 is 0 Å². The number of rotatable bonds is 3. The largest absolute Gasteiger partial charge is 0.289 e. The van der Waals surface area contributed by atoms with E-state index in [-0.39, 0.29) is 5.78 Å². The topological polar surface area (TPSA) is 17.1 Å². The van der Waals surface area contributed by atoms with Crippen LogP contribution in [0, 0.1) is 13.8 Å². The molecule has 1 nitrogen and oxygen atoms in total. The van der Waals surface area contributed by atoms with E-state index >= 15 is 0 Å². The van der Waals surface area contributed by atoms with Crippen LogP contribution in [0.3, 0.4) is 0 Å². The molecule has 22 heavy (non-hydrogen) atoms. The molecule has 0 aliphatic heterocycles. The van der Waals surface area contributed by atoms with Crippen molar-refractivity contribution in [2.75, 3.05) is 0 Å². The summed E-state index contributed by atoms with van der Waals surface area (Å²) in [5.41, 5.74) is 5.88. The lowest BCUT2D eigenvalue weighted by molar-refractivity contribution is 0.103. The van der Waals surface area contributed by atoms with Crippen molar-refractivity contribution in [3.8, 4) is 11.1 Å². The van der Waals surface area contributed by atoms with Crippen LogP contribution in [-0.2, 0) is 0 Å². The van der Waals surface area contributed by atoms with Gasteiger partial charge in [-0.25, -0.2) is 0 Å². The minimum atomic E-state index is 0.0928. The normalized spacial score (nSPS) is 10.5. The van der Waals surface area contributed by atoms with Crippen LogP contribution < -0.4 is 0 Å². The molecule has 0 heterocycles. The number of aryl methyl sites for hydroxylation is 2. The summed E-state index contributed by atoms with van der Waals surface area (Å²) in [6, 6.07) is 24.0. The Morgan fingerprint density at radius 3 is 1.95 bits per heavy atom. The van der Waals surface area contributed by atoms with Crippen molar-refractivity contribution >= 4 is 5.78 Å². The monoisotopic (exact) mass is 286 g/mol. The third-order valence-corrected chi connectivity index (χ3v) is 3.97. The first kappa shape index (κ1) is 14.3. The van der Waals surface area contributed by atoms with Gasteiger partial charge >= 0.3 is 0 Å². The summed E-state index contributed by atoms with van der Waals surface area (Å²) in [5.74, 6) is 0.0928. The highest BCUT2D eigenvalue weighted by molar-refractivity contribution is 6.11. The summed E-state index contributed by atoms with van der Waals surface area (Å²) in [6.07, 6.45) is 0. The first-order valence-electron chi connectivity index (χ1n) is 7.43. The van der Waals surface area contributed by atoms with Gasteiger partial charge in [0.1, 0.15) is 0 Å². The molecule has 3 aromatic rings. The van der Waals surface area contributed by atoms with Crippen LogP contribution in [0.25, 0.3) is 11.1 Å². The Hall–Kier alpha value is -2.67. The van der Waals surface area contributed by atoms with E-state index in [4.69, 9.17) is 0 Å². The zero-order valence-electron chi connectivity index (χ0n) is 12.8. The molecule has 0 aromatic heterocycles. The smallest absolute Gasteiger partial charge is 0.193 e. The van der Waals surface area contributed by atoms with Gasteiger partial charge in [0.15, 0.2) is 5.78 Å². The van der Waals surface area contributed by atoms with E-state index in [1.165, 1.54) is 5.56 Å². The van der Waals surface area contributed by atoms with Crippen molar-refractivity contribution in [3.63, 3.8) is 0 Å². The number of benzene rings is 3. The number of hydrogen-bond donors (Lipinski definition) is 0. The zero-order chi connectivity index (χ0) is 15.5. The molecule has 0 aliphatic carbocycles. The van der Waals surface area contributed by atoms with E-state index < -0.39 is 0 Å². The maximum atomic E-state index is 12.7. The van der Waals surface area contributed by atoms with Gasteiger partial charge in [-0.05, 0) is 36.1 Å². The molecule has 0 atom stereocenters. The SMILES string of the molecule is Cc1ccccc1C(=O)c1ccc(-c2ccccc2)cc1C. The predicted molar refractivity (Wildman–Crippen MR) is 91.2 cm³/mol. The van der Waals surface area contributed by atoms with E-state index in [1.54, 1.807) is 0 Å². The lowest BCUT2D eigenvalue weighted by Crippen LogP contribution is -2.05. The van der Waals surface area contributed by atoms with Gasteiger partial charge in [0, 0.05) is 11.1 Å². The van der Waals surface area contributed by atoms with Gasteiger partial charge in [0.05, 0.1) is 0 Å². The Balaban J connectivity index is 2.00. The van der Waals surface area contributed by atoms with Crippen LogP contribution in [0.2, 0.25) is 0 Å². The Bertz CT molecular complexity index is 816. The van der Waals surface area contributed by atoms with E-state index in [1.807, 2.05) is 68.4 Å². The lowest BCUT2D eigenvalue weighted by Gasteiger charge is -2.10. The maximum absolute atomic E-state index is 12.7. The predicted octanol–water partition coefficient (Wildman–Crippen LogP) is 5.20. The summed E-state index contributed by atoms with van der Waals surface area (Å²) in [5, 5.41) is 0. The fourth-order valence-corrected chi connectivity index (χ4v) is 2.70. The summed E-state index contributed by atoms with van der Waals surface area (Å²) in [7, 11) is 0. The van der Waals surface area contributed by atoms with Crippen molar-refractivity contribution in [3.05, 3.63) is 95.1 Å². The van der Waals surface area contributed by atoms with Gasteiger partial charge in [-0.3, -0.25) is 4.79 Å². The zero-order valence-corrected chi connectivity index (χ0v) is 12.8. The molecule has 0 radical (unpaired) electrons. The lowest BCUT2D eigenvalue weighted by atomic mass is 9.93. The second kappa shape index (κ2) is 5.98. The highest BCUT2D eigenvalue weighted by atomic mass is 16.1. The summed E-state index contributed by atoms with van der Waals surface area (Å²) >= 11 is 0. The van der Waals surface area contributed by atoms with E-state index in [0.29, 0.717) is 0 Å². The second-order valence-corrected chi connectivity index (χ2v) is 5.54. The van der Waals surface area contributed by atoms with Crippen molar-refractivity contribution in [1.29, 1.82) is 0 Å². The third kappa shape index (κ3) is 2.71. The molecule has 3 aromatic carbocycles. The maximum Gasteiger partial charge on any atom is 0.193 e. The van der Waals surface area contributed by atoms with Crippen LogP contribution in [0.4, 0.5) is 0 Å². The fraction of sp³-hybridized carbons (Fsp3) is 0.0952. The molecule has 1 heteroatoms. The molecular weight excluding hydrogens is 268 g/mol. The Morgan fingerprint density at radius 2 is 1.27 bits per heavy atom. The van der Waals surface area contributed by atoms with Gasteiger partial charge in [0.2, 0.25) is 0 Å². The van der Waals surface area contributed by atoms with E-state index in [9.17, 15) is 4.79 Å². The third-order valence-electron chi connectivity index (χ3n) is 3.97. The summed E-state index contributed by atoms with van der Waals surface area (Å²) < 4.78 is 0. The minimum Gasteiger partial charge on any atom is -0.289 e. The van der Waals surface area contributed by atoms with Crippen molar-refractivity contribution in [2.24, 2.45) is 0 Å². The summed E-state index contributed by atoms with van der Waals surface area (Å²) in [4.78, 5) is 12.7. The Kier molecular flexibility index (Phi) is 3.88. The standard InChI is InChI=1S/C21H18O/c1-15-8-6-7-11-19(15)21(22)20-13-12-18(14-16(20)2)17-9-4-3-5-10-17/h3-14H,1-2H3. The quantitative estimate of drug-likeness (QED) is 0.605. The van der Waals surface area contributed by atoms with E-state index in [0.717, 1.165) is 27.8 Å². The molecule has 3 rings (SSSR count). The average Bonchev–Trinajstić information content (AvgIpc) is 2.55. The second-order valence-electron chi connectivity index (χ2n) is 5.54. The molecule has 108 valence electrons. The first-order chi connectivity index (χ1) is 10.7. The van der Waals surface area contributed by atoms with Crippen LogP contribution in [0.1, 0.15) is 27.0 Å². The molecule has 0 unspecified atom stereocenters. The minimum absolute atomic E-state index is 0.0928. The fourth-order valence-electron chi connectivity index (χ4n) is 2.70. The molecule has 0 amide bonds. The van der Waals surface area contributed by atoms with Gasteiger partial charge in [-0.1, -0.05) is 72.8 Å². The summed E-state index contributed by atoms with van der Waals surface area (Å²) in [6.45, 7) is 3.97. The number of carbonyl (C=O) groups excluding carboxylic acids is 1. The van der Waals surface area contributed by atoms with Crippen molar-refractivity contribution in [1.82, 2.24) is 0 Å². The van der Waals surface area contributed by atoms with Crippen LogP contribution in [0.5, 0.6) is 0 Å². The average molecular weight is 286 g/mol. The highest BCUT2D eigenvalue weighted by Gasteiger charge is 2.14. The molecule has 0 saturated heterocycles. The first-order valence-corrected chi connectivity index (χ1v) is 7.43. The van der Waals surface area contributed by atoms with Gasteiger partial charge in [0.25, 0.3) is 0 Å². The van der Waals surface area contributed by atoms with Crippen LogP contribution in [-0.4, -0.2) is 5.78 Å². The van der Waals surface area contributed by atoms with Gasteiger partial charge in [-0.2, -0.15) is 0 Å². The Morgan fingerprint density at radius 1 is 0.636 bits per heavy atom.